The van der Waals surface area contributed by atoms with E-state index in [2.05, 4.69) is 185 Å². The molecule has 72 heavy (non-hydrogen) atoms. The Morgan fingerprint density at radius 1 is 0.319 bits per heavy atom. The summed E-state index contributed by atoms with van der Waals surface area (Å²) in [6.07, 6.45) is 91.0. The van der Waals surface area contributed by atoms with Crippen LogP contribution in [-0.4, -0.2) is 37.9 Å². The van der Waals surface area contributed by atoms with Crippen LogP contribution in [0.25, 0.3) is 0 Å². The minimum Gasteiger partial charge on any atom is -0.462 e. The Hall–Kier alpha value is -4.74. The summed E-state index contributed by atoms with van der Waals surface area (Å²) in [7, 11) is 0. The maximum absolute atomic E-state index is 12.9. The van der Waals surface area contributed by atoms with Gasteiger partial charge in [0.15, 0.2) is 6.10 Å². The number of hydrogen-bond acceptors (Lipinski definition) is 5. The number of carbonyl (C=O) groups excluding carboxylic acids is 2. The summed E-state index contributed by atoms with van der Waals surface area (Å²) in [6.45, 7) is 7.35. The third-order valence-electron chi connectivity index (χ3n) is 11.2. The second-order valence-corrected chi connectivity index (χ2v) is 18.1. The number of unbranched alkanes of at least 4 members (excludes halogenated alkanes) is 11. The first kappa shape index (κ1) is 67.3. The molecule has 1 atom stereocenters. The van der Waals surface area contributed by atoms with Gasteiger partial charge in [-0.05, 0) is 141 Å². The lowest BCUT2D eigenvalue weighted by Gasteiger charge is -2.18. The van der Waals surface area contributed by atoms with Gasteiger partial charge in [0, 0.05) is 19.4 Å². The van der Waals surface area contributed by atoms with Gasteiger partial charge in [0.25, 0.3) is 0 Å². The number of ether oxygens (including phenoxy) is 3. The van der Waals surface area contributed by atoms with E-state index >= 15 is 0 Å². The minimum absolute atomic E-state index is 0.00955. The highest BCUT2D eigenvalue weighted by Gasteiger charge is 2.17. The van der Waals surface area contributed by atoms with E-state index in [0.29, 0.717) is 19.4 Å². The molecule has 5 nitrogen and oxygen atoms in total. The van der Waals surface area contributed by atoms with Gasteiger partial charge in [0.1, 0.15) is 6.61 Å². The van der Waals surface area contributed by atoms with E-state index < -0.39 is 6.10 Å². The molecule has 1 unspecified atom stereocenters. The van der Waals surface area contributed by atoms with E-state index in [1.165, 1.54) is 44.9 Å². The van der Waals surface area contributed by atoms with Gasteiger partial charge in [0.05, 0.1) is 6.61 Å². The Bertz CT molecular complexity index is 1640. The molecule has 0 aromatic rings. The second-order valence-electron chi connectivity index (χ2n) is 18.1. The molecule has 5 heteroatoms. The molecule has 0 rings (SSSR count). The molecule has 0 aromatic heterocycles. The quantitative estimate of drug-likeness (QED) is 0.0345. The van der Waals surface area contributed by atoms with E-state index in [1.54, 1.807) is 0 Å². The highest BCUT2D eigenvalue weighted by atomic mass is 16.6. The van der Waals surface area contributed by atoms with Crippen molar-refractivity contribution in [2.24, 2.45) is 0 Å². The number of esters is 2. The number of carbonyl (C=O) groups is 2. The van der Waals surface area contributed by atoms with Gasteiger partial charge in [-0.3, -0.25) is 9.59 Å². The van der Waals surface area contributed by atoms with Crippen molar-refractivity contribution in [1.29, 1.82) is 0 Å². The monoisotopic (exact) mass is 989 g/mol. The summed E-state index contributed by atoms with van der Waals surface area (Å²) in [5.41, 5.74) is 0. The maximum atomic E-state index is 12.9. The molecule has 0 aliphatic rings. The van der Waals surface area contributed by atoms with Crippen LogP contribution in [0.15, 0.2) is 170 Å². The topological polar surface area (TPSA) is 61.8 Å². The maximum Gasteiger partial charge on any atom is 0.306 e. The van der Waals surface area contributed by atoms with Crippen LogP contribution in [0, 0.1) is 0 Å². The van der Waals surface area contributed by atoms with Crippen molar-refractivity contribution < 1.29 is 23.8 Å². The van der Waals surface area contributed by atoms with Crippen molar-refractivity contribution in [1.82, 2.24) is 0 Å². The standard InChI is InChI=1S/C67H104O5/c1-4-7-10-13-16-19-22-25-28-31-34-36-39-42-45-48-51-54-57-60-66(68)71-64-65(63-70-62-59-56-53-50-47-44-41-38-33-30-27-24-21-18-15-12-9-6-3)72-67(69)61-58-55-52-49-46-43-40-37-35-32-29-26-23-20-17-14-11-8-5-2/h7,9-10,12,16-21,25-30,34-38,41-42,45,47,50-51,54,65H,4-6,8,11,13-15,22-24,31-33,39-40,43-44,46,48-49,52-53,55-64H2,1-3H3/b10-7-,12-9-,19-16-,20-17-,21-18-,28-25-,29-26-,30-27-,36-34-,37-35-,41-38-,45-42-,50-47-,54-51-. The van der Waals surface area contributed by atoms with Gasteiger partial charge in [-0.2, -0.15) is 0 Å². The molecule has 0 spiro atoms. The lowest BCUT2D eigenvalue weighted by atomic mass is 10.1. The van der Waals surface area contributed by atoms with Crippen molar-refractivity contribution in [3.8, 4) is 0 Å². The van der Waals surface area contributed by atoms with Crippen LogP contribution in [0.2, 0.25) is 0 Å². The Labute approximate surface area is 443 Å². The van der Waals surface area contributed by atoms with Gasteiger partial charge in [0.2, 0.25) is 0 Å². The number of rotatable bonds is 50. The molecule has 0 saturated carbocycles. The van der Waals surface area contributed by atoms with E-state index in [1.807, 2.05) is 6.08 Å². The third-order valence-corrected chi connectivity index (χ3v) is 11.2. The summed E-state index contributed by atoms with van der Waals surface area (Å²) < 4.78 is 17.3. The fourth-order valence-electron chi connectivity index (χ4n) is 7.04. The molecule has 0 saturated heterocycles. The zero-order valence-electron chi connectivity index (χ0n) is 46.1. The molecular formula is C67H104O5. The summed E-state index contributed by atoms with van der Waals surface area (Å²) in [5, 5.41) is 0. The number of allylic oxidation sites excluding steroid dienone is 28. The third kappa shape index (κ3) is 57.8. The van der Waals surface area contributed by atoms with Crippen LogP contribution < -0.4 is 0 Å². The van der Waals surface area contributed by atoms with E-state index in [-0.39, 0.29) is 31.6 Å². The van der Waals surface area contributed by atoms with Gasteiger partial charge >= 0.3 is 11.9 Å². The first-order valence-corrected chi connectivity index (χ1v) is 28.7. The summed E-state index contributed by atoms with van der Waals surface area (Å²) in [4.78, 5) is 25.5. The average Bonchev–Trinajstić information content (AvgIpc) is 3.38. The van der Waals surface area contributed by atoms with Crippen molar-refractivity contribution in [2.75, 3.05) is 19.8 Å². The van der Waals surface area contributed by atoms with Crippen molar-refractivity contribution in [3.05, 3.63) is 170 Å². The van der Waals surface area contributed by atoms with E-state index in [4.69, 9.17) is 14.2 Å². The molecular weight excluding hydrogens is 885 g/mol. The highest BCUT2D eigenvalue weighted by Crippen LogP contribution is 2.12. The smallest absolute Gasteiger partial charge is 0.306 e. The SMILES string of the molecule is CC/C=C\C/C=C\C/C=C\C/C=C\C/C=C\C/C=C\CCC(=O)OCC(COCCCC/C=C\C/C=C\C/C=C\C/C=C\C/C=C\CC)OC(=O)CCCCCCCC/C=C\C/C=C\C/C=C\CCCCC. The lowest BCUT2D eigenvalue weighted by molar-refractivity contribution is -0.162. The van der Waals surface area contributed by atoms with Gasteiger partial charge in [-0.15, -0.1) is 0 Å². The van der Waals surface area contributed by atoms with Gasteiger partial charge < -0.3 is 14.2 Å². The minimum atomic E-state index is -0.612. The Balaban J connectivity index is 4.55. The van der Waals surface area contributed by atoms with Gasteiger partial charge in [-0.1, -0.05) is 229 Å². The molecule has 0 N–H and O–H groups in total. The van der Waals surface area contributed by atoms with Crippen LogP contribution in [0.5, 0.6) is 0 Å². The van der Waals surface area contributed by atoms with Crippen LogP contribution in [0.4, 0.5) is 0 Å². The van der Waals surface area contributed by atoms with Gasteiger partial charge in [-0.25, -0.2) is 0 Å². The molecule has 0 heterocycles. The Kier molecular flexibility index (Phi) is 56.6. The number of hydrogen-bond donors (Lipinski definition) is 0. The molecule has 0 aromatic carbocycles. The van der Waals surface area contributed by atoms with Crippen LogP contribution in [0.3, 0.4) is 0 Å². The molecule has 0 fully saturated rings. The highest BCUT2D eigenvalue weighted by molar-refractivity contribution is 5.70. The first-order valence-electron chi connectivity index (χ1n) is 28.7. The lowest BCUT2D eigenvalue weighted by Crippen LogP contribution is -2.30. The zero-order chi connectivity index (χ0) is 52.0. The predicted molar refractivity (Wildman–Crippen MR) is 315 cm³/mol. The fraction of sp³-hybridized carbons (Fsp3) is 0.552. The summed E-state index contributed by atoms with van der Waals surface area (Å²) >= 11 is 0. The van der Waals surface area contributed by atoms with Crippen LogP contribution >= 0.6 is 0 Å². The van der Waals surface area contributed by atoms with Crippen molar-refractivity contribution >= 4 is 11.9 Å². The van der Waals surface area contributed by atoms with E-state index in [0.717, 1.165) is 128 Å². The zero-order valence-corrected chi connectivity index (χ0v) is 46.1. The van der Waals surface area contributed by atoms with Crippen molar-refractivity contribution in [3.63, 3.8) is 0 Å². The van der Waals surface area contributed by atoms with Crippen molar-refractivity contribution in [2.45, 2.75) is 219 Å². The Morgan fingerprint density at radius 3 is 1.06 bits per heavy atom. The fourth-order valence-corrected chi connectivity index (χ4v) is 7.04. The predicted octanol–water partition coefficient (Wildman–Crippen LogP) is 20.0. The molecule has 0 amide bonds. The summed E-state index contributed by atoms with van der Waals surface area (Å²) in [6, 6.07) is 0. The molecule has 0 aliphatic carbocycles. The normalized spacial score (nSPS) is 13.5. The first-order chi connectivity index (χ1) is 35.6. The average molecular weight is 990 g/mol. The molecule has 402 valence electrons. The molecule has 0 aliphatic heterocycles. The molecule has 0 radical (unpaired) electrons. The van der Waals surface area contributed by atoms with E-state index in [9.17, 15) is 9.59 Å². The largest absolute Gasteiger partial charge is 0.462 e. The van der Waals surface area contributed by atoms with Crippen LogP contribution in [0.1, 0.15) is 213 Å². The Morgan fingerprint density at radius 2 is 0.653 bits per heavy atom. The molecule has 0 bridgehead atoms. The van der Waals surface area contributed by atoms with Crippen LogP contribution in [-0.2, 0) is 23.8 Å². The summed E-state index contributed by atoms with van der Waals surface area (Å²) in [5.74, 6) is -0.547. The second kappa shape index (κ2) is 60.6.